The molecule has 6 heteroatoms. The van der Waals surface area contributed by atoms with E-state index < -0.39 is 11.7 Å². The van der Waals surface area contributed by atoms with E-state index in [1.165, 1.54) is 9.58 Å². The highest BCUT2D eigenvalue weighted by atomic mass is 16.6. The molecule has 18 heavy (non-hydrogen) atoms. The van der Waals surface area contributed by atoms with Crippen molar-refractivity contribution in [2.45, 2.75) is 32.9 Å². The maximum atomic E-state index is 11.7. The van der Waals surface area contributed by atoms with Crippen LogP contribution in [0.25, 0.3) is 0 Å². The molecule has 1 heterocycles. The van der Waals surface area contributed by atoms with E-state index in [1.54, 1.807) is 20.2 Å². The molecule has 0 aliphatic heterocycles. The predicted molar refractivity (Wildman–Crippen MR) is 65.6 cm³/mol. The Morgan fingerprint density at radius 2 is 2.22 bits per heavy atom. The third-order valence-electron chi connectivity index (χ3n) is 2.15. The highest BCUT2D eigenvalue weighted by Crippen LogP contribution is 2.11. The van der Waals surface area contributed by atoms with E-state index in [0.717, 1.165) is 0 Å². The smallest absolute Gasteiger partial charge is 0.410 e. The quantitative estimate of drug-likeness (QED) is 0.800. The van der Waals surface area contributed by atoms with E-state index in [4.69, 9.17) is 10.00 Å². The number of amides is 1. The van der Waals surface area contributed by atoms with Crippen LogP contribution in [-0.4, -0.2) is 33.4 Å². The minimum Gasteiger partial charge on any atom is -0.444 e. The zero-order valence-corrected chi connectivity index (χ0v) is 11.4. The zero-order valence-electron chi connectivity index (χ0n) is 11.4. The lowest BCUT2D eigenvalue weighted by Gasteiger charge is -2.24. The molecular weight excluding hydrogens is 232 g/mol. The summed E-state index contributed by atoms with van der Waals surface area (Å²) in [6.07, 6.45) is -0.410. The number of hydrogen-bond donors (Lipinski definition) is 0. The molecule has 0 unspecified atom stereocenters. The van der Waals surface area contributed by atoms with Gasteiger partial charge in [-0.3, -0.25) is 4.68 Å². The Balaban J connectivity index is 2.67. The average molecular weight is 250 g/mol. The first-order chi connectivity index (χ1) is 8.23. The van der Waals surface area contributed by atoms with Gasteiger partial charge in [0, 0.05) is 14.1 Å². The molecule has 0 N–H and O–H groups in total. The second-order valence-corrected chi connectivity index (χ2v) is 5.09. The number of carbonyl (C=O) groups excluding carboxylic acids is 1. The van der Waals surface area contributed by atoms with Gasteiger partial charge in [-0.25, -0.2) is 4.79 Å². The number of ether oxygens (including phenoxy) is 1. The van der Waals surface area contributed by atoms with Crippen LogP contribution < -0.4 is 0 Å². The van der Waals surface area contributed by atoms with Crippen LogP contribution in [0.2, 0.25) is 0 Å². The summed E-state index contributed by atoms with van der Waals surface area (Å²) < 4.78 is 6.71. The Morgan fingerprint density at radius 3 is 2.67 bits per heavy atom. The van der Waals surface area contributed by atoms with Crippen molar-refractivity contribution in [1.29, 1.82) is 5.26 Å². The largest absolute Gasteiger partial charge is 0.444 e. The Bertz CT molecular complexity index is 479. The van der Waals surface area contributed by atoms with E-state index in [0.29, 0.717) is 17.9 Å². The molecule has 0 spiro atoms. The molecule has 0 aromatic carbocycles. The fourth-order valence-corrected chi connectivity index (χ4v) is 1.36. The lowest BCUT2D eigenvalue weighted by molar-refractivity contribution is 0.0283. The minimum absolute atomic E-state index is 0.310. The van der Waals surface area contributed by atoms with E-state index in [-0.39, 0.29) is 0 Å². The van der Waals surface area contributed by atoms with Crippen molar-refractivity contribution in [3.8, 4) is 6.07 Å². The highest BCUT2D eigenvalue weighted by molar-refractivity contribution is 5.67. The van der Waals surface area contributed by atoms with Gasteiger partial charge in [0.25, 0.3) is 0 Å². The monoisotopic (exact) mass is 250 g/mol. The van der Waals surface area contributed by atoms with Crippen LogP contribution in [0.5, 0.6) is 0 Å². The number of hydrogen-bond acceptors (Lipinski definition) is 4. The second kappa shape index (κ2) is 5.08. The molecule has 0 bridgehead atoms. The van der Waals surface area contributed by atoms with Crippen molar-refractivity contribution in [1.82, 2.24) is 14.7 Å². The maximum Gasteiger partial charge on any atom is 0.410 e. The highest BCUT2D eigenvalue weighted by Gasteiger charge is 2.20. The van der Waals surface area contributed by atoms with Crippen LogP contribution in [0.3, 0.4) is 0 Å². The first-order valence-corrected chi connectivity index (χ1v) is 5.60. The Hall–Kier alpha value is -2.03. The van der Waals surface area contributed by atoms with E-state index in [2.05, 4.69) is 5.10 Å². The van der Waals surface area contributed by atoms with Gasteiger partial charge in [0.15, 0.2) is 0 Å². The van der Waals surface area contributed by atoms with Crippen molar-refractivity contribution >= 4 is 6.09 Å². The number of carbonyl (C=O) groups is 1. The predicted octanol–water partition coefficient (Wildman–Crippen LogP) is 1.66. The molecular formula is C12H18N4O2. The van der Waals surface area contributed by atoms with Crippen molar-refractivity contribution in [3.63, 3.8) is 0 Å². The molecule has 0 aliphatic rings. The zero-order chi connectivity index (χ0) is 13.9. The van der Waals surface area contributed by atoms with Gasteiger partial charge in [0.1, 0.15) is 17.4 Å². The second-order valence-electron chi connectivity index (χ2n) is 5.09. The first kappa shape index (κ1) is 14.0. The molecule has 6 nitrogen and oxygen atoms in total. The lowest BCUT2D eigenvalue weighted by Crippen LogP contribution is -2.33. The molecule has 0 saturated heterocycles. The minimum atomic E-state index is -0.521. The SMILES string of the molecule is CN(Cc1cc(C#N)n(C)n1)C(=O)OC(C)(C)C. The van der Waals surface area contributed by atoms with Gasteiger partial charge in [-0.05, 0) is 26.8 Å². The van der Waals surface area contributed by atoms with Crippen LogP contribution in [0.15, 0.2) is 6.07 Å². The van der Waals surface area contributed by atoms with Gasteiger partial charge in [0.2, 0.25) is 0 Å². The van der Waals surface area contributed by atoms with Crippen LogP contribution in [0, 0.1) is 11.3 Å². The normalized spacial score (nSPS) is 10.9. The molecule has 0 radical (unpaired) electrons. The standard InChI is InChI=1S/C12H18N4O2/c1-12(2,3)18-11(17)15(4)8-9-6-10(7-13)16(5)14-9/h6H,8H2,1-5H3. The van der Waals surface area contributed by atoms with Gasteiger partial charge in [-0.2, -0.15) is 10.4 Å². The summed E-state index contributed by atoms with van der Waals surface area (Å²) in [6, 6.07) is 3.68. The molecule has 0 fully saturated rings. The Morgan fingerprint density at radius 1 is 1.61 bits per heavy atom. The van der Waals surface area contributed by atoms with Gasteiger partial charge >= 0.3 is 6.09 Å². The van der Waals surface area contributed by atoms with Gasteiger partial charge in [-0.15, -0.1) is 0 Å². The topological polar surface area (TPSA) is 71.2 Å². The summed E-state index contributed by atoms with van der Waals surface area (Å²) in [6.45, 7) is 5.75. The maximum absolute atomic E-state index is 11.7. The van der Waals surface area contributed by atoms with E-state index in [1.807, 2.05) is 26.8 Å². The van der Waals surface area contributed by atoms with Crippen molar-refractivity contribution in [3.05, 3.63) is 17.5 Å². The van der Waals surface area contributed by atoms with Crippen molar-refractivity contribution < 1.29 is 9.53 Å². The van der Waals surface area contributed by atoms with Crippen LogP contribution in [-0.2, 0) is 18.3 Å². The van der Waals surface area contributed by atoms with Gasteiger partial charge < -0.3 is 9.64 Å². The van der Waals surface area contributed by atoms with E-state index in [9.17, 15) is 4.79 Å². The third kappa shape index (κ3) is 3.77. The summed E-state index contributed by atoms with van der Waals surface area (Å²) in [5, 5.41) is 13.0. The molecule has 98 valence electrons. The fourth-order valence-electron chi connectivity index (χ4n) is 1.36. The molecule has 1 amide bonds. The van der Waals surface area contributed by atoms with E-state index >= 15 is 0 Å². The average Bonchev–Trinajstić information content (AvgIpc) is 2.56. The van der Waals surface area contributed by atoms with Gasteiger partial charge in [-0.1, -0.05) is 0 Å². The summed E-state index contributed by atoms with van der Waals surface area (Å²) in [5.41, 5.74) is 0.595. The first-order valence-electron chi connectivity index (χ1n) is 5.60. The molecule has 0 saturated carbocycles. The van der Waals surface area contributed by atoms with Crippen molar-refractivity contribution in [2.75, 3.05) is 7.05 Å². The van der Waals surface area contributed by atoms with Crippen LogP contribution in [0.4, 0.5) is 4.79 Å². The number of nitrogens with zero attached hydrogens (tertiary/aromatic N) is 4. The summed E-state index contributed by atoms with van der Waals surface area (Å²) in [7, 11) is 3.32. The molecule has 1 rings (SSSR count). The summed E-state index contributed by atoms with van der Waals surface area (Å²) in [4.78, 5) is 13.2. The molecule has 0 atom stereocenters. The van der Waals surface area contributed by atoms with Gasteiger partial charge in [0.05, 0.1) is 12.2 Å². The van der Waals surface area contributed by atoms with Crippen molar-refractivity contribution in [2.24, 2.45) is 7.05 Å². The third-order valence-corrected chi connectivity index (χ3v) is 2.15. The number of aromatic nitrogens is 2. The number of rotatable bonds is 2. The number of nitriles is 1. The summed E-state index contributed by atoms with van der Waals surface area (Å²) in [5.74, 6) is 0. The summed E-state index contributed by atoms with van der Waals surface area (Å²) >= 11 is 0. The van der Waals surface area contributed by atoms with Crippen LogP contribution >= 0.6 is 0 Å². The fraction of sp³-hybridized carbons (Fsp3) is 0.583. The Labute approximate surface area is 107 Å². The lowest BCUT2D eigenvalue weighted by atomic mass is 10.2. The Kier molecular flexibility index (Phi) is 3.96. The molecule has 1 aromatic heterocycles. The van der Waals surface area contributed by atoms with Crippen LogP contribution in [0.1, 0.15) is 32.2 Å². The molecule has 1 aromatic rings. The molecule has 0 aliphatic carbocycles. The number of aryl methyl sites for hydroxylation is 1.